The maximum atomic E-state index is 10.8. The lowest BCUT2D eigenvalue weighted by Crippen LogP contribution is -2.02. The summed E-state index contributed by atoms with van der Waals surface area (Å²) >= 11 is 0. The number of carbonyl (C=O) groups is 1. The van der Waals surface area contributed by atoms with Crippen LogP contribution in [0, 0.1) is 0 Å². The first-order valence-corrected chi connectivity index (χ1v) is 5.59. The average Bonchev–Trinajstić information content (AvgIpc) is 2.45. The summed E-state index contributed by atoms with van der Waals surface area (Å²) in [6.07, 6.45) is 3.99. The van der Waals surface area contributed by atoms with Gasteiger partial charge in [0, 0.05) is 24.6 Å². The van der Waals surface area contributed by atoms with Crippen molar-refractivity contribution in [1.29, 1.82) is 0 Å². The lowest BCUT2D eigenvalue weighted by atomic mass is 10.2. The van der Waals surface area contributed by atoms with E-state index in [0.717, 1.165) is 23.3 Å². The molecule has 2 aromatic rings. The number of carbonyl (C=O) groups excluding carboxylic acids is 1. The van der Waals surface area contributed by atoms with Crippen molar-refractivity contribution in [3.8, 4) is 5.75 Å². The van der Waals surface area contributed by atoms with Crippen LogP contribution < -0.4 is 10.1 Å². The summed E-state index contributed by atoms with van der Waals surface area (Å²) in [5.41, 5.74) is 2.42. The van der Waals surface area contributed by atoms with E-state index in [1.165, 1.54) is 0 Å². The van der Waals surface area contributed by atoms with E-state index in [0.29, 0.717) is 12.1 Å². The average molecular weight is 242 g/mol. The van der Waals surface area contributed by atoms with Crippen LogP contribution in [0.2, 0.25) is 0 Å². The van der Waals surface area contributed by atoms with Crippen LogP contribution in [-0.4, -0.2) is 18.4 Å². The number of hydrogen-bond acceptors (Lipinski definition) is 4. The number of rotatable bonds is 5. The molecule has 0 radical (unpaired) electrons. The quantitative estimate of drug-likeness (QED) is 0.818. The van der Waals surface area contributed by atoms with E-state index in [2.05, 4.69) is 10.3 Å². The molecule has 0 aliphatic heterocycles. The number of ether oxygens (including phenoxy) is 1. The fourth-order valence-electron chi connectivity index (χ4n) is 1.64. The minimum absolute atomic E-state index is 0.556. The summed E-state index contributed by atoms with van der Waals surface area (Å²) in [4.78, 5) is 14.7. The number of nitrogens with zero attached hydrogens (tertiary/aromatic N) is 1. The van der Waals surface area contributed by atoms with Crippen LogP contribution in [0.25, 0.3) is 0 Å². The smallest absolute Gasteiger partial charge is 0.153 e. The van der Waals surface area contributed by atoms with Crippen LogP contribution in [0.5, 0.6) is 5.75 Å². The van der Waals surface area contributed by atoms with Gasteiger partial charge in [-0.2, -0.15) is 0 Å². The molecule has 4 heteroatoms. The summed E-state index contributed by atoms with van der Waals surface area (Å²) in [6, 6.07) is 9.56. The van der Waals surface area contributed by atoms with Gasteiger partial charge in [0.1, 0.15) is 5.75 Å². The van der Waals surface area contributed by atoms with Gasteiger partial charge < -0.3 is 10.1 Å². The van der Waals surface area contributed by atoms with Crippen LogP contribution in [0.4, 0.5) is 5.69 Å². The van der Waals surface area contributed by atoms with Gasteiger partial charge in [0.15, 0.2) is 6.29 Å². The minimum atomic E-state index is 0.556. The Morgan fingerprint density at radius 3 is 3.06 bits per heavy atom. The van der Waals surface area contributed by atoms with Gasteiger partial charge in [-0.3, -0.25) is 9.78 Å². The van der Waals surface area contributed by atoms with Gasteiger partial charge in [-0.05, 0) is 23.8 Å². The van der Waals surface area contributed by atoms with Crippen LogP contribution in [0.15, 0.2) is 42.7 Å². The third-order valence-electron chi connectivity index (χ3n) is 2.60. The molecule has 1 N–H and O–H groups in total. The molecule has 0 saturated carbocycles. The first-order valence-electron chi connectivity index (χ1n) is 5.59. The van der Waals surface area contributed by atoms with E-state index >= 15 is 0 Å². The Kier molecular flexibility index (Phi) is 3.91. The van der Waals surface area contributed by atoms with E-state index in [-0.39, 0.29) is 0 Å². The minimum Gasteiger partial charge on any atom is -0.497 e. The van der Waals surface area contributed by atoms with Gasteiger partial charge in [-0.25, -0.2) is 0 Å². The Hall–Kier alpha value is -2.36. The monoisotopic (exact) mass is 242 g/mol. The predicted octanol–water partition coefficient (Wildman–Crippen LogP) is 2.51. The van der Waals surface area contributed by atoms with Crippen LogP contribution >= 0.6 is 0 Å². The molecule has 0 aliphatic carbocycles. The number of pyridine rings is 1. The van der Waals surface area contributed by atoms with Crippen molar-refractivity contribution < 1.29 is 9.53 Å². The molecule has 1 aromatic heterocycles. The number of methoxy groups -OCH3 is 1. The van der Waals surface area contributed by atoms with Crippen molar-refractivity contribution in [1.82, 2.24) is 4.98 Å². The normalized spacial score (nSPS) is 9.83. The molecule has 0 amide bonds. The van der Waals surface area contributed by atoms with Crippen molar-refractivity contribution in [2.45, 2.75) is 6.54 Å². The number of aldehydes is 1. The van der Waals surface area contributed by atoms with Crippen LogP contribution in [0.3, 0.4) is 0 Å². The molecule has 0 aliphatic rings. The van der Waals surface area contributed by atoms with Crippen molar-refractivity contribution >= 4 is 12.0 Å². The molecule has 92 valence electrons. The lowest BCUT2D eigenvalue weighted by Gasteiger charge is -2.09. The van der Waals surface area contributed by atoms with E-state index in [1.54, 1.807) is 25.6 Å². The van der Waals surface area contributed by atoms with Gasteiger partial charge in [-0.15, -0.1) is 0 Å². The maximum absolute atomic E-state index is 10.8. The van der Waals surface area contributed by atoms with Crippen LogP contribution in [-0.2, 0) is 6.54 Å². The Bertz CT molecular complexity index is 541. The SMILES string of the molecule is COc1cccc(CNc2ccncc2C=O)c1. The molecule has 1 aromatic carbocycles. The molecule has 4 nitrogen and oxygen atoms in total. The molecule has 0 bridgehead atoms. The highest BCUT2D eigenvalue weighted by Gasteiger charge is 2.01. The summed E-state index contributed by atoms with van der Waals surface area (Å²) in [5, 5.41) is 3.20. The zero-order valence-corrected chi connectivity index (χ0v) is 10.1. The highest BCUT2D eigenvalue weighted by molar-refractivity contribution is 5.83. The summed E-state index contributed by atoms with van der Waals surface area (Å²) < 4.78 is 5.16. The third-order valence-corrected chi connectivity index (χ3v) is 2.60. The van der Waals surface area contributed by atoms with Gasteiger partial charge >= 0.3 is 0 Å². The second kappa shape index (κ2) is 5.82. The Balaban J connectivity index is 2.08. The molecule has 2 rings (SSSR count). The summed E-state index contributed by atoms with van der Waals surface area (Å²) in [6.45, 7) is 0.627. The second-order valence-corrected chi connectivity index (χ2v) is 3.79. The Morgan fingerprint density at radius 2 is 2.28 bits per heavy atom. The fourth-order valence-corrected chi connectivity index (χ4v) is 1.64. The standard InChI is InChI=1S/C14H14N2O2/c1-18-13-4-2-3-11(7-13)8-16-14-5-6-15-9-12(14)10-17/h2-7,9-10H,8H2,1H3,(H,15,16). The van der Waals surface area contributed by atoms with E-state index in [4.69, 9.17) is 4.74 Å². The number of nitrogens with one attached hydrogen (secondary N) is 1. The fraction of sp³-hybridized carbons (Fsp3) is 0.143. The second-order valence-electron chi connectivity index (χ2n) is 3.79. The maximum Gasteiger partial charge on any atom is 0.153 e. The molecule has 0 unspecified atom stereocenters. The van der Waals surface area contributed by atoms with Crippen molar-refractivity contribution in [2.24, 2.45) is 0 Å². The van der Waals surface area contributed by atoms with E-state index in [9.17, 15) is 4.79 Å². The number of hydrogen-bond donors (Lipinski definition) is 1. The lowest BCUT2D eigenvalue weighted by molar-refractivity contribution is 0.112. The molecule has 1 heterocycles. The predicted molar refractivity (Wildman–Crippen MR) is 69.9 cm³/mol. The summed E-state index contributed by atoms with van der Waals surface area (Å²) in [5.74, 6) is 0.819. The molecular formula is C14H14N2O2. The Labute approximate surface area is 106 Å². The topological polar surface area (TPSA) is 51.2 Å². The van der Waals surface area contributed by atoms with Crippen LogP contribution in [0.1, 0.15) is 15.9 Å². The highest BCUT2D eigenvalue weighted by atomic mass is 16.5. The van der Waals surface area contributed by atoms with Gasteiger partial charge in [-0.1, -0.05) is 12.1 Å². The van der Waals surface area contributed by atoms with Crippen molar-refractivity contribution in [3.63, 3.8) is 0 Å². The van der Waals surface area contributed by atoms with E-state index < -0.39 is 0 Å². The molecule has 0 spiro atoms. The zero-order chi connectivity index (χ0) is 12.8. The van der Waals surface area contributed by atoms with Gasteiger partial charge in [0.25, 0.3) is 0 Å². The molecule has 18 heavy (non-hydrogen) atoms. The van der Waals surface area contributed by atoms with Gasteiger partial charge in [0.2, 0.25) is 0 Å². The Morgan fingerprint density at radius 1 is 1.39 bits per heavy atom. The van der Waals surface area contributed by atoms with E-state index in [1.807, 2.05) is 24.3 Å². The summed E-state index contributed by atoms with van der Waals surface area (Å²) in [7, 11) is 1.64. The van der Waals surface area contributed by atoms with Crippen molar-refractivity contribution in [2.75, 3.05) is 12.4 Å². The molecule has 0 atom stereocenters. The number of benzene rings is 1. The van der Waals surface area contributed by atoms with Gasteiger partial charge in [0.05, 0.1) is 12.7 Å². The first kappa shape index (κ1) is 12.1. The zero-order valence-electron chi connectivity index (χ0n) is 10.1. The first-order chi connectivity index (χ1) is 8.83. The number of aromatic nitrogens is 1. The molecule has 0 saturated heterocycles. The highest BCUT2D eigenvalue weighted by Crippen LogP contribution is 2.16. The largest absolute Gasteiger partial charge is 0.497 e. The molecular weight excluding hydrogens is 228 g/mol. The molecule has 0 fully saturated rings. The number of anilines is 1. The third kappa shape index (κ3) is 2.85. The van der Waals surface area contributed by atoms with Crippen molar-refractivity contribution in [3.05, 3.63) is 53.9 Å².